The largest absolute Gasteiger partial charge is 0.377 e. The van der Waals surface area contributed by atoms with Crippen molar-refractivity contribution in [3.63, 3.8) is 0 Å². The van der Waals surface area contributed by atoms with Crippen molar-refractivity contribution in [3.8, 4) is 0 Å². The van der Waals surface area contributed by atoms with E-state index >= 15 is 0 Å². The fraction of sp³-hybridized carbons (Fsp3) is 0.286. The molecule has 0 N–H and O–H groups in total. The topological polar surface area (TPSA) is 74.8 Å². The normalized spacial score (nSPS) is 15.0. The highest BCUT2D eigenvalue weighted by atomic mass is 32.2. The highest BCUT2D eigenvalue weighted by Crippen LogP contribution is 2.27. The molecule has 21 heavy (non-hydrogen) atoms. The van der Waals surface area contributed by atoms with Crippen LogP contribution in [0.1, 0.15) is 13.8 Å². The first-order valence-corrected chi connectivity index (χ1v) is 8.02. The standard InChI is InChI=1S/C14H16N2O4S/c1-3-15(4-2)10-12-13(17)16(14(12)18)21(19,20)11-8-6-5-7-9-11/h5-10H,3-4H2,1-2H3. The highest BCUT2D eigenvalue weighted by Gasteiger charge is 2.49. The molecule has 1 heterocycles. The monoisotopic (exact) mass is 308 g/mol. The minimum Gasteiger partial charge on any atom is -0.377 e. The number of rotatable bonds is 5. The first-order valence-electron chi connectivity index (χ1n) is 6.58. The predicted octanol–water partition coefficient (Wildman–Crippen LogP) is 0.970. The summed E-state index contributed by atoms with van der Waals surface area (Å²) in [6, 6.07) is 7.43. The summed E-state index contributed by atoms with van der Waals surface area (Å²) in [7, 11) is -4.11. The molecule has 112 valence electrons. The molecule has 1 aliphatic heterocycles. The maximum absolute atomic E-state index is 12.2. The smallest absolute Gasteiger partial charge is 0.282 e. The summed E-state index contributed by atoms with van der Waals surface area (Å²) in [5, 5.41) is 0. The van der Waals surface area contributed by atoms with Crippen molar-refractivity contribution in [2.24, 2.45) is 0 Å². The molecule has 1 fully saturated rings. The van der Waals surface area contributed by atoms with E-state index in [1.165, 1.54) is 30.5 Å². The first-order chi connectivity index (χ1) is 9.93. The second kappa shape index (κ2) is 5.69. The van der Waals surface area contributed by atoms with Gasteiger partial charge >= 0.3 is 0 Å². The highest BCUT2D eigenvalue weighted by molar-refractivity contribution is 7.90. The Labute approximate surface area is 123 Å². The van der Waals surface area contributed by atoms with E-state index in [0.717, 1.165) is 0 Å². The number of hydrogen-bond donors (Lipinski definition) is 0. The SMILES string of the molecule is CCN(C=C1C(=O)N(S(=O)(=O)c2ccccc2)C1=O)CC. The van der Waals surface area contributed by atoms with Crippen molar-refractivity contribution in [2.75, 3.05) is 13.1 Å². The Morgan fingerprint density at radius 2 is 1.57 bits per heavy atom. The maximum atomic E-state index is 12.2. The van der Waals surface area contributed by atoms with E-state index in [2.05, 4.69) is 0 Å². The Kier molecular flexibility index (Phi) is 4.13. The predicted molar refractivity (Wildman–Crippen MR) is 76.5 cm³/mol. The van der Waals surface area contributed by atoms with Crippen molar-refractivity contribution >= 4 is 21.8 Å². The molecule has 0 aromatic heterocycles. The number of imide groups is 1. The fourth-order valence-electron chi connectivity index (χ4n) is 1.96. The Morgan fingerprint density at radius 3 is 2.05 bits per heavy atom. The number of amides is 2. The zero-order valence-corrected chi connectivity index (χ0v) is 12.6. The number of carbonyl (C=O) groups is 2. The van der Waals surface area contributed by atoms with E-state index in [1.807, 2.05) is 13.8 Å². The van der Waals surface area contributed by atoms with Crippen LogP contribution in [0.15, 0.2) is 47.0 Å². The van der Waals surface area contributed by atoms with Gasteiger partial charge in [-0.15, -0.1) is 0 Å². The number of β-lactam (4-membered cyclic amide) rings is 2. The minimum absolute atomic E-state index is 0.0754. The second-order valence-electron chi connectivity index (χ2n) is 4.46. The minimum atomic E-state index is -4.11. The molecule has 0 aliphatic carbocycles. The summed E-state index contributed by atoms with van der Waals surface area (Å²) in [6.45, 7) is 5.03. The van der Waals surface area contributed by atoms with E-state index in [9.17, 15) is 18.0 Å². The van der Waals surface area contributed by atoms with Crippen molar-refractivity contribution < 1.29 is 18.0 Å². The van der Waals surface area contributed by atoms with Gasteiger partial charge in [-0.2, -0.15) is 4.31 Å². The lowest BCUT2D eigenvalue weighted by atomic mass is 10.1. The zero-order valence-electron chi connectivity index (χ0n) is 11.8. The number of carbonyl (C=O) groups excluding carboxylic acids is 2. The van der Waals surface area contributed by atoms with Crippen LogP contribution in [0.25, 0.3) is 0 Å². The Morgan fingerprint density at radius 1 is 1.05 bits per heavy atom. The van der Waals surface area contributed by atoms with Gasteiger partial charge < -0.3 is 4.90 Å². The summed E-state index contributed by atoms with van der Waals surface area (Å²) in [5.74, 6) is -1.56. The molecule has 2 rings (SSSR count). The lowest BCUT2D eigenvalue weighted by Crippen LogP contribution is -2.54. The van der Waals surface area contributed by atoms with Crippen molar-refractivity contribution in [2.45, 2.75) is 18.7 Å². The van der Waals surface area contributed by atoms with E-state index in [0.29, 0.717) is 17.4 Å². The molecular formula is C14H16N2O4S. The maximum Gasteiger partial charge on any atom is 0.282 e. The molecule has 0 unspecified atom stereocenters. The third kappa shape index (κ3) is 2.56. The second-order valence-corrected chi connectivity index (χ2v) is 6.24. The van der Waals surface area contributed by atoms with Crippen LogP contribution in [0.4, 0.5) is 0 Å². The fourth-order valence-corrected chi connectivity index (χ4v) is 3.31. The van der Waals surface area contributed by atoms with Gasteiger partial charge in [-0.3, -0.25) is 9.59 Å². The van der Waals surface area contributed by atoms with Crippen molar-refractivity contribution in [3.05, 3.63) is 42.1 Å². The van der Waals surface area contributed by atoms with Gasteiger partial charge in [0.2, 0.25) is 0 Å². The van der Waals surface area contributed by atoms with Crippen molar-refractivity contribution in [1.82, 2.24) is 9.21 Å². The number of hydrogen-bond acceptors (Lipinski definition) is 5. The zero-order chi connectivity index (χ0) is 15.6. The molecule has 7 heteroatoms. The third-order valence-corrected chi connectivity index (χ3v) is 4.92. The van der Waals surface area contributed by atoms with Gasteiger partial charge in [0.05, 0.1) is 4.90 Å². The Bertz CT molecular complexity index is 673. The average molecular weight is 308 g/mol. The molecule has 0 saturated carbocycles. The number of benzene rings is 1. The molecular weight excluding hydrogens is 292 g/mol. The van der Waals surface area contributed by atoms with Gasteiger partial charge in [-0.25, -0.2) is 8.42 Å². The summed E-state index contributed by atoms with van der Waals surface area (Å²) >= 11 is 0. The van der Waals surface area contributed by atoms with Crippen LogP contribution in [0.3, 0.4) is 0 Å². The van der Waals surface area contributed by atoms with Crippen LogP contribution in [0.2, 0.25) is 0 Å². The van der Waals surface area contributed by atoms with Gasteiger partial charge in [0.25, 0.3) is 21.8 Å². The molecule has 1 saturated heterocycles. The first kappa shape index (κ1) is 15.2. The molecule has 1 aromatic rings. The summed E-state index contributed by atoms with van der Waals surface area (Å²) in [4.78, 5) is 25.7. The average Bonchev–Trinajstić information content (AvgIpc) is 2.49. The summed E-state index contributed by atoms with van der Waals surface area (Å²) in [5.41, 5.74) is -0.0989. The van der Waals surface area contributed by atoms with E-state index in [1.54, 1.807) is 11.0 Å². The molecule has 0 bridgehead atoms. The van der Waals surface area contributed by atoms with Crippen LogP contribution in [0, 0.1) is 0 Å². The van der Waals surface area contributed by atoms with Gasteiger partial charge in [0.15, 0.2) is 0 Å². The molecule has 0 radical (unpaired) electrons. The third-order valence-electron chi connectivity index (χ3n) is 3.24. The van der Waals surface area contributed by atoms with Crippen LogP contribution in [-0.4, -0.2) is 42.5 Å². The van der Waals surface area contributed by atoms with Gasteiger partial charge in [0.1, 0.15) is 5.57 Å². The van der Waals surface area contributed by atoms with Gasteiger partial charge in [-0.05, 0) is 26.0 Å². The van der Waals surface area contributed by atoms with E-state index < -0.39 is 21.8 Å². The van der Waals surface area contributed by atoms with Crippen LogP contribution < -0.4 is 0 Å². The van der Waals surface area contributed by atoms with E-state index in [-0.39, 0.29) is 10.5 Å². The summed E-state index contributed by atoms with van der Waals surface area (Å²) < 4.78 is 24.8. The van der Waals surface area contributed by atoms with Crippen molar-refractivity contribution in [1.29, 1.82) is 0 Å². The number of nitrogens with zero attached hydrogens (tertiary/aromatic N) is 2. The van der Waals surface area contributed by atoms with E-state index in [4.69, 9.17) is 0 Å². The van der Waals surface area contributed by atoms with Crippen LogP contribution in [0.5, 0.6) is 0 Å². The molecule has 1 aliphatic rings. The Balaban J connectivity index is 2.30. The molecule has 0 spiro atoms. The lowest BCUT2D eigenvalue weighted by molar-refractivity contribution is -0.143. The van der Waals surface area contributed by atoms with Gasteiger partial charge in [0, 0.05) is 19.3 Å². The number of sulfonamides is 1. The molecule has 2 amide bonds. The molecule has 6 nitrogen and oxygen atoms in total. The quantitative estimate of drug-likeness (QED) is 0.460. The van der Waals surface area contributed by atoms with Gasteiger partial charge in [-0.1, -0.05) is 18.2 Å². The molecule has 1 aromatic carbocycles. The van der Waals surface area contributed by atoms with Crippen LogP contribution >= 0.6 is 0 Å². The van der Waals surface area contributed by atoms with Crippen LogP contribution in [-0.2, 0) is 19.6 Å². The Hall–Kier alpha value is -2.15. The molecule has 0 atom stereocenters. The lowest BCUT2D eigenvalue weighted by Gasteiger charge is -2.31. The summed E-state index contributed by atoms with van der Waals surface area (Å²) in [6.07, 6.45) is 1.42.